The molecule has 0 aliphatic carbocycles. The molecule has 0 saturated heterocycles. The van der Waals surface area contributed by atoms with Crippen molar-refractivity contribution in [3.05, 3.63) is 23.0 Å². The molecule has 8 heteroatoms. The number of ether oxygens (including phenoxy) is 2. The molecule has 0 amide bonds. The first-order valence-electron chi connectivity index (χ1n) is 6.44. The molecule has 118 valence electrons. The zero-order valence-corrected chi connectivity index (χ0v) is 13.6. The van der Waals surface area contributed by atoms with Gasteiger partial charge in [-0.1, -0.05) is 0 Å². The molecule has 1 atom stereocenters. The minimum atomic E-state index is -3.68. The van der Waals surface area contributed by atoms with Crippen LogP contribution in [0.25, 0.3) is 0 Å². The van der Waals surface area contributed by atoms with E-state index in [9.17, 15) is 9.67 Å². The van der Waals surface area contributed by atoms with E-state index in [0.717, 1.165) is 0 Å². The Morgan fingerprint density at radius 3 is 2.62 bits per heavy atom. The van der Waals surface area contributed by atoms with Gasteiger partial charge in [0.2, 0.25) is 5.79 Å². The molecule has 1 aliphatic rings. The summed E-state index contributed by atoms with van der Waals surface area (Å²) in [6.07, 6.45) is 1.44. The Bertz CT molecular complexity index is 580. The van der Waals surface area contributed by atoms with Crippen LogP contribution in [0.2, 0.25) is 0 Å². The first-order valence-corrected chi connectivity index (χ1v) is 8.06. The van der Waals surface area contributed by atoms with Crippen molar-refractivity contribution in [2.45, 2.75) is 39.0 Å². The Morgan fingerprint density at radius 2 is 2.05 bits per heavy atom. The Balaban J connectivity index is 2.51. The number of aliphatic hydroxyl groups excluding tert-OH is 1. The molecule has 0 radical (unpaired) electrons. The molecule has 0 fully saturated rings. The van der Waals surface area contributed by atoms with Gasteiger partial charge in [-0.05, 0) is 6.92 Å². The number of aryl methyl sites for hydroxylation is 1. The first-order chi connectivity index (χ1) is 9.74. The van der Waals surface area contributed by atoms with E-state index in [0.29, 0.717) is 22.6 Å². The van der Waals surface area contributed by atoms with E-state index in [2.05, 4.69) is 4.98 Å². The molecule has 21 heavy (non-hydrogen) atoms. The van der Waals surface area contributed by atoms with Gasteiger partial charge in [0.25, 0.3) is 0 Å². The maximum atomic E-state index is 12.3. The van der Waals surface area contributed by atoms with Crippen molar-refractivity contribution in [3.63, 3.8) is 0 Å². The van der Waals surface area contributed by atoms with Crippen LogP contribution < -0.4 is 4.74 Å². The van der Waals surface area contributed by atoms with Crippen molar-refractivity contribution in [3.8, 4) is 5.75 Å². The number of hydrogen-bond donors (Lipinski definition) is 1. The average Bonchev–Trinajstić information content (AvgIpc) is 2.46. The molecule has 1 aromatic rings. The lowest BCUT2D eigenvalue weighted by molar-refractivity contribution is -0.181. The first kappa shape index (κ1) is 16.4. The van der Waals surface area contributed by atoms with Gasteiger partial charge in [0.1, 0.15) is 5.75 Å². The molecular weight excluding hydrogens is 297 g/mol. The Labute approximate surface area is 123 Å². The predicted molar refractivity (Wildman–Crippen MR) is 75.1 cm³/mol. The number of hydrogen-bond acceptors (Lipinski definition) is 7. The van der Waals surface area contributed by atoms with Crippen LogP contribution in [0, 0.1) is 6.92 Å². The number of aliphatic hydroxyl groups is 1. The lowest BCUT2D eigenvalue weighted by Gasteiger charge is -2.35. The van der Waals surface area contributed by atoms with Crippen molar-refractivity contribution in [2.24, 2.45) is 0 Å². The normalized spacial score (nSPS) is 18.8. The van der Waals surface area contributed by atoms with Gasteiger partial charge in [0, 0.05) is 45.4 Å². The van der Waals surface area contributed by atoms with Crippen molar-refractivity contribution in [1.29, 1.82) is 0 Å². The molecule has 1 N–H and O–H groups in total. The van der Waals surface area contributed by atoms with E-state index in [1.54, 1.807) is 20.8 Å². The molecule has 1 unspecified atom stereocenters. The number of pyridine rings is 1. The van der Waals surface area contributed by atoms with Gasteiger partial charge in [-0.3, -0.25) is 9.55 Å². The molecule has 2 heterocycles. The van der Waals surface area contributed by atoms with Gasteiger partial charge < -0.3 is 23.6 Å². The third-order valence-electron chi connectivity index (χ3n) is 3.35. The van der Waals surface area contributed by atoms with Crippen molar-refractivity contribution in [2.75, 3.05) is 14.2 Å². The third-order valence-corrected chi connectivity index (χ3v) is 5.24. The second kappa shape index (κ2) is 5.66. The maximum absolute atomic E-state index is 12.3. The van der Waals surface area contributed by atoms with Crippen LogP contribution in [0.4, 0.5) is 0 Å². The number of rotatable bonds is 4. The fourth-order valence-corrected chi connectivity index (χ4v) is 3.24. The van der Waals surface area contributed by atoms with Crippen LogP contribution in [-0.2, 0) is 25.0 Å². The molecule has 0 bridgehead atoms. The van der Waals surface area contributed by atoms with Gasteiger partial charge >= 0.3 is 7.60 Å². The number of fused-ring (bicyclic) bond motifs is 1. The summed E-state index contributed by atoms with van der Waals surface area (Å²) >= 11 is 0. The predicted octanol–water partition coefficient (Wildman–Crippen LogP) is 2.51. The lowest BCUT2D eigenvalue weighted by Crippen LogP contribution is -2.36. The number of nitrogens with zero attached hydrogens (tertiary/aromatic N) is 1. The van der Waals surface area contributed by atoms with Gasteiger partial charge in [-0.25, -0.2) is 0 Å². The van der Waals surface area contributed by atoms with Crippen molar-refractivity contribution in [1.82, 2.24) is 4.98 Å². The van der Waals surface area contributed by atoms with Crippen molar-refractivity contribution >= 4 is 7.60 Å². The molecule has 0 spiro atoms. The second-order valence-electron chi connectivity index (χ2n) is 5.18. The quantitative estimate of drug-likeness (QED) is 0.854. The summed E-state index contributed by atoms with van der Waals surface area (Å²) in [4.78, 5) is 4.19. The van der Waals surface area contributed by atoms with E-state index >= 15 is 0 Å². The largest absolute Gasteiger partial charge is 0.461 e. The van der Waals surface area contributed by atoms with E-state index < -0.39 is 19.2 Å². The standard InChI is InChI=1S/C13H20NO6P/c1-8-11-10(7-19-13(2,3)20-11)9(6-14-8)12(15)21(16,17-4)18-5/h6,12,15H,7H2,1-5H3. The maximum Gasteiger partial charge on any atom is 0.362 e. The Morgan fingerprint density at radius 1 is 1.43 bits per heavy atom. The zero-order chi connectivity index (χ0) is 15.8. The summed E-state index contributed by atoms with van der Waals surface area (Å²) in [5.41, 5.74) is 1.59. The molecular formula is C13H20NO6P. The summed E-state index contributed by atoms with van der Waals surface area (Å²) in [6, 6.07) is 0. The highest BCUT2D eigenvalue weighted by atomic mass is 31.2. The van der Waals surface area contributed by atoms with E-state index in [1.165, 1.54) is 20.4 Å². The van der Waals surface area contributed by atoms with E-state index in [4.69, 9.17) is 18.5 Å². The highest BCUT2D eigenvalue weighted by molar-refractivity contribution is 7.54. The highest BCUT2D eigenvalue weighted by Gasteiger charge is 2.39. The monoisotopic (exact) mass is 317 g/mol. The molecule has 7 nitrogen and oxygen atoms in total. The van der Waals surface area contributed by atoms with Gasteiger partial charge in [0.15, 0.2) is 5.85 Å². The van der Waals surface area contributed by atoms with E-state index in [-0.39, 0.29) is 6.61 Å². The molecule has 0 aromatic carbocycles. The van der Waals surface area contributed by atoms with Crippen LogP contribution in [0.5, 0.6) is 5.75 Å². The highest BCUT2D eigenvalue weighted by Crippen LogP contribution is 2.59. The second-order valence-corrected chi connectivity index (χ2v) is 7.47. The smallest absolute Gasteiger partial charge is 0.362 e. The van der Waals surface area contributed by atoms with Crippen LogP contribution in [0.1, 0.15) is 36.5 Å². The zero-order valence-electron chi connectivity index (χ0n) is 12.7. The summed E-state index contributed by atoms with van der Waals surface area (Å²) in [7, 11) is -1.24. The molecule has 1 aliphatic heterocycles. The third kappa shape index (κ3) is 2.98. The van der Waals surface area contributed by atoms with Gasteiger partial charge in [-0.2, -0.15) is 0 Å². The van der Waals surface area contributed by atoms with Gasteiger partial charge in [0.05, 0.1) is 12.3 Å². The van der Waals surface area contributed by atoms with Crippen molar-refractivity contribution < 1.29 is 28.2 Å². The van der Waals surface area contributed by atoms with Crippen LogP contribution >= 0.6 is 7.60 Å². The Kier molecular flexibility index (Phi) is 4.42. The fourth-order valence-electron chi connectivity index (χ4n) is 2.13. The minimum absolute atomic E-state index is 0.214. The average molecular weight is 317 g/mol. The minimum Gasteiger partial charge on any atom is -0.461 e. The van der Waals surface area contributed by atoms with Gasteiger partial charge in [-0.15, -0.1) is 0 Å². The van der Waals surface area contributed by atoms with E-state index in [1.807, 2.05) is 0 Å². The Hall–Kier alpha value is -0.980. The topological polar surface area (TPSA) is 87.1 Å². The molecule has 1 aromatic heterocycles. The summed E-state index contributed by atoms with van der Waals surface area (Å²) in [6.45, 7) is 5.58. The fraction of sp³-hybridized carbons (Fsp3) is 0.615. The van der Waals surface area contributed by atoms with Crippen LogP contribution in [0.3, 0.4) is 0 Å². The number of aromatic nitrogens is 1. The van der Waals surface area contributed by atoms with Crippen LogP contribution in [-0.4, -0.2) is 30.1 Å². The summed E-state index contributed by atoms with van der Waals surface area (Å²) in [5.74, 6) is -1.71. The lowest BCUT2D eigenvalue weighted by atomic mass is 10.1. The molecule has 0 saturated carbocycles. The summed E-state index contributed by atoms with van der Waals surface area (Å²) < 4.78 is 33.4. The molecule has 2 rings (SSSR count). The SMILES string of the molecule is COP(=O)(OC)C(O)c1cnc(C)c2c1COC(C)(C)O2. The summed E-state index contributed by atoms with van der Waals surface area (Å²) in [5, 5.41) is 10.4. The van der Waals surface area contributed by atoms with Crippen LogP contribution in [0.15, 0.2) is 6.20 Å².